The fourth-order valence-electron chi connectivity index (χ4n) is 2.23. The highest BCUT2D eigenvalue weighted by Crippen LogP contribution is 2.37. The Morgan fingerprint density at radius 1 is 1.18 bits per heavy atom. The summed E-state index contributed by atoms with van der Waals surface area (Å²) >= 11 is 1.30. The first-order chi connectivity index (χ1) is 13.0. The van der Waals surface area contributed by atoms with Crippen LogP contribution in [-0.2, 0) is 19.0 Å². The van der Waals surface area contributed by atoms with Crippen molar-refractivity contribution in [2.75, 3.05) is 52.5 Å². The maximum Gasteiger partial charge on any atom is 0.332 e. The highest BCUT2D eigenvalue weighted by molar-refractivity contribution is 8.14. The van der Waals surface area contributed by atoms with Crippen molar-refractivity contribution < 1.29 is 34.0 Å². The van der Waals surface area contributed by atoms with Crippen molar-refractivity contribution in [1.29, 1.82) is 0 Å². The molecule has 1 aliphatic rings. The van der Waals surface area contributed by atoms with Crippen molar-refractivity contribution in [3.8, 4) is 11.5 Å². The van der Waals surface area contributed by atoms with Gasteiger partial charge in [0, 0.05) is 12.9 Å². The van der Waals surface area contributed by atoms with Crippen LogP contribution in [0, 0.1) is 0 Å². The largest absolute Gasteiger partial charge is 0.504 e. The van der Waals surface area contributed by atoms with E-state index in [0.29, 0.717) is 55.1 Å². The molecule has 0 radical (unpaired) electrons. The number of phenolic OH excluding ortho intramolecular Hbond substituents is 1. The third-order valence-electron chi connectivity index (χ3n) is 3.82. The van der Waals surface area contributed by atoms with Crippen LogP contribution in [0.1, 0.15) is 12.5 Å². The van der Waals surface area contributed by atoms with Crippen molar-refractivity contribution in [3.63, 3.8) is 0 Å². The van der Waals surface area contributed by atoms with Gasteiger partial charge in [-0.3, -0.25) is 4.99 Å². The van der Waals surface area contributed by atoms with Crippen LogP contribution in [0.15, 0.2) is 23.2 Å². The second-order valence-electron chi connectivity index (χ2n) is 6.00. The Balaban J connectivity index is 0.00000392. The summed E-state index contributed by atoms with van der Waals surface area (Å²) in [6.45, 7) is 4.17. The molecule has 1 aromatic rings. The second-order valence-corrected chi connectivity index (χ2v) is 6.97. The van der Waals surface area contributed by atoms with Gasteiger partial charge in [0.2, 0.25) is 0 Å². The van der Waals surface area contributed by atoms with Gasteiger partial charge in [-0.2, -0.15) is 0 Å². The molecule has 0 amide bonds. The average molecular weight is 426 g/mol. The number of hydrogen-bond donors (Lipinski definition) is 2. The first kappa shape index (κ1) is 25.0. The van der Waals surface area contributed by atoms with Gasteiger partial charge in [-0.05, 0) is 19.1 Å². The van der Waals surface area contributed by atoms with E-state index < -0.39 is 11.5 Å². The summed E-state index contributed by atoms with van der Waals surface area (Å²) in [5.41, 5.74) is -0.711. The molecule has 154 valence electrons. The van der Waals surface area contributed by atoms with Crippen LogP contribution < -0.4 is 4.74 Å². The van der Waals surface area contributed by atoms with Gasteiger partial charge in [0.05, 0.1) is 38.6 Å². The predicted octanol–water partition coefficient (Wildman–Crippen LogP) is 0.871. The summed E-state index contributed by atoms with van der Waals surface area (Å²) < 4.78 is 21.1. The maximum atomic E-state index is 11.3. The van der Waals surface area contributed by atoms with E-state index in [-0.39, 0.29) is 35.4 Å². The Labute approximate surface area is 184 Å². The monoisotopic (exact) mass is 425 g/mol. The molecule has 0 fully saturated rings. The Kier molecular flexibility index (Phi) is 11.2. The molecular formula is C18H27MgNO7S. The van der Waals surface area contributed by atoms with E-state index in [1.54, 1.807) is 32.2 Å². The summed E-state index contributed by atoms with van der Waals surface area (Å²) in [6.07, 6.45) is 0. The molecule has 0 spiro atoms. The summed E-state index contributed by atoms with van der Waals surface area (Å²) in [5.74, 6) is -0.413. The molecule has 0 saturated heterocycles. The lowest BCUT2D eigenvalue weighted by Gasteiger charge is -2.12. The Hall–Kier alpha value is -1.04. The van der Waals surface area contributed by atoms with Gasteiger partial charge in [-0.15, -0.1) is 11.8 Å². The third kappa shape index (κ3) is 7.09. The van der Waals surface area contributed by atoms with Crippen LogP contribution in [0.3, 0.4) is 0 Å². The minimum Gasteiger partial charge on any atom is -0.504 e. The average Bonchev–Trinajstić information content (AvgIpc) is 3.05. The van der Waals surface area contributed by atoms with E-state index in [4.69, 9.17) is 18.9 Å². The number of aliphatic imine (C=N–C) groups is 1. The molecule has 0 bridgehead atoms. The summed E-state index contributed by atoms with van der Waals surface area (Å²) in [7, 11) is 1.62. The Morgan fingerprint density at radius 3 is 2.43 bits per heavy atom. The summed E-state index contributed by atoms with van der Waals surface area (Å²) in [6, 6.07) is 5.06. The normalized spacial score (nSPS) is 18.4. The minimum atomic E-state index is -1.18. The molecule has 10 heteroatoms. The maximum absolute atomic E-state index is 11.3. The molecule has 28 heavy (non-hydrogen) atoms. The molecule has 8 nitrogen and oxygen atoms in total. The van der Waals surface area contributed by atoms with Gasteiger partial charge in [0.1, 0.15) is 11.7 Å². The first-order valence-electron chi connectivity index (χ1n) is 8.53. The van der Waals surface area contributed by atoms with E-state index in [9.17, 15) is 15.0 Å². The standard InChI is InChI=1S/C18H25NO7S.Mg.2H/c1-18(17(21)22)12-27-16(19-18)13-4-3-5-14(15(13)20)26-11-10-25-9-8-24-7-6-23-2;;;/h3-5,20H,6-12H2,1-2H3,(H,21,22);;;. The Morgan fingerprint density at radius 2 is 1.82 bits per heavy atom. The van der Waals surface area contributed by atoms with E-state index in [2.05, 4.69) is 4.99 Å². The number of methoxy groups -OCH3 is 1. The van der Waals surface area contributed by atoms with Gasteiger partial charge >= 0.3 is 29.0 Å². The van der Waals surface area contributed by atoms with Gasteiger partial charge in [0.25, 0.3) is 0 Å². The zero-order valence-electron chi connectivity index (χ0n) is 15.5. The number of aliphatic carboxylic acids is 1. The number of carboxylic acids is 1. The highest BCUT2D eigenvalue weighted by atomic mass is 32.2. The number of para-hydroxylation sites is 1. The molecule has 1 heterocycles. The van der Waals surface area contributed by atoms with Crippen LogP contribution >= 0.6 is 11.8 Å². The number of ether oxygens (including phenoxy) is 4. The number of rotatable bonds is 12. The van der Waals surface area contributed by atoms with Crippen molar-refractivity contribution in [2.45, 2.75) is 12.5 Å². The lowest BCUT2D eigenvalue weighted by Crippen LogP contribution is -2.33. The zero-order valence-corrected chi connectivity index (χ0v) is 16.3. The van der Waals surface area contributed by atoms with E-state index >= 15 is 0 Å². The van der Waals surface area contributed by atoms with E-state index in [1.165, 1.54) is 11.8 Å². The van der Waals surface area contributed by atoms with Gasteiger partial charge < -0.3 is 29.2 Å². The fourth-order valence-corrected chi connectivity index (χ4v) is 3.42. The number of carboxylic acid groups (broad SMARTS) is 1. The molecule has 0 saturated carbocycles. The van der Waals surface area contributed by atoms with E-state index in [0.717, 1.165) is 0 Å². The molecule has 1 aromatic carbocycles. The predicted molar refractivity (Wildman–Crippen MR) is 111 cm³/mol. The molecule has 1 atom stereocenters. The minimum absolute atomic E-state index is 0. The summed E-state index contributed by atoms with van der Waals surface area (Å²) in [4.78, 5) is 15.6. The molecule has 2 rings (SSSR count). The number of phenols is 1. The number of carbonyl (C=O) groups is 1. The quantitative estimate of drug-likeness (QED) is 0.375. The molecule has 0 aliphatic carbocycles. The molecule has 1 unspecified atom stereocenters. The van der Waals surface area contributed by atoms with Crippen molar-refractivity contribution in [1.82, 2.24) is 0 Å². The first-order valence-corrected chi connectivity index (χ1v) is 9.52. The number of hydrogen-bond acceptors (Lipinski definition) is 8. The van der Waals surface area contributed by atoms with E-state index in [1.807, 2.05) is 0 Å². The third-order valence-corrected chi connectivity index (χ3v) is 5.11. The lowest BCUT2D eigenvalue weighted by molar-refractivity contribution is -0.141. The van der Waals surface area contributed by atoms with Gasteiger partial charge in [0.15, 0.2) is 17.0 Å². The SMILES string of the molecule is COCCOCCOCCOc1cccc(C2=NC(C)(C(=O)O)CS2)c1O.[MgH2]. The Bertz CT molecular complexity index is 673. The fraction of sp³-hybridized carbons (Fsp3) is 0.556. The zero-order chi connectivity index (χ0) is 19.7. The number of nitrogens with zero attached hydrogens (tertiary/aromatic N) is 1. The topological polar surface area (TPSA) is 107 Å². The number of benzene rings is 1. The number of thioether (sulfide) groups is 1. The van der Waals surface area contributed by atoms with Crippen LogP contribution in [0.4, 0.5) is 0 Å². The lowest BCUT2D eigenvalue weighted by atomic mass is 10.1. The van der Waals surface area contributed by atoms with Crippen molar-refractivity contribution in [2.24, 2.45) is 4.99 Å². The van der Waals surface area contributed by atoms with Crippen molar-refractivity contribution in [3.05, 3.63) is 23.8 Å². The van der Waals surface area contributed by atoms with Crippen LogP contribution in [0.25, 0.3) is 0 Å². The number of aromatic hydroxyl groups is 1. The van der Waals surface area contributed by atoms with Crippen LogP contribution in [-0.4, -0.2) is 102 Å². The molecule has 1 aliphatic heterocycles. The van der Waals surface area contributed by atoms with Crippen molar-refractivity contribution >= 4 is 45.8 Å². The summed E-state index contributed by atoms with van der Waals surface area (Å²) in [5, 5.41) is 20.2. The molecular weight excluding hydrogens is 399 g/mol. The highest BCUT2D eigenvalue weighted by Gasteiger charge is 2.39. The van der Waals surface area contributed by atoms with Gasteiger partial charge in [-0.1, -0.05) is 6.07 Å². The van der Waals surface area contributed by atoms with Crippen LogP contribution in [0.5, 0.6) is 11.5 Å². The smallest absolute Gasteiger partial charge is 0.332 e. The molecule has 2 N–H and O–H groups in total. The second kappa shape index (κ2) is 12.5. The van der Waals surface area contributed by atoms with Gasteiger partial charge in [-0.25, -0.2) is 4.79 Å². The molecule has 0 aromatic heterocycles. The van der Waals surface area contributed by atoms with Crippen LogP contribution in [0.2, 0.25) is 0 Å².